The molecule has 1 fully saturated rings. The number of rotatable bonds is 7. The molecule has 2 aliphatic heterocycles. The summed E-state index contributed by atoms with van der Waals surface area (Å²) in [6.45, 7) is 6.52. The van der Waals surface area contributed by atoms with Gasteiger partial charge in [0.05, 0.1) is 25.8 Å². The van der Waals surface area contributed by atoms with Crippen molar-refractivity contribution in [2.24, 2.45) is 11.0 Å². The topological polar surface area (TPSA) is 83.5 Å². The molecule has 0 aromatic heterocycles. The van der Waals surface area contributed by atoms with Gasteiger partial charge in [-0.25, -0.2) is 0 Å². The van der Waals surface area contributed by atoms with Crippen LogP contribution in [0, 0.1) is 5.92 Å². The van der Waals surface area contributed by atoms with Crippen LogP contribution in [0.15, 0.2) is 47.6 Å². The highest BCUT2D eigenvalue weighted by molar-refractivity contribution is 6.04. The van der Waals surface area contributed by atoms with E-state index in [2.05, 4.69) is 27.4 Å². The number of nitrogens with one attached hydrogen (secondary N) is 1. The summed E-state index contributed by atoms with van der Waals surface area (Å²) in [7, 11) is 2.12. The summed E-state index contributed by atoms with van der Waals surface area (Å²) in [6.07, 6.45) is 2.93. The van der Waals surface area contributed by atoms with Gasteiger partial charge in [-0.15, -0.1) is 0 Å². The van der Waals surface area contributed by atoms with E-state index in [0.29, 0.717) is 30.9 Å². The van der Waals surface area contributed by atoms with Crippen LogP contribution in [0.1, 0.15) is 34.8 Å². The van der Waals surface area contributed by atoms with E-state index < -0.39 is 0 Å². The Morgan fingerprint density at radius 1 is 1.15 bits per heavy atom. The quantitative estimate of drug-likeness (QED) is 0.501. The third-order valence-electron chi connectivity index (χ3n) is 6.09. The summed E-state index contributed by atoms with van der Waals surface area (Å²) in [5, 5.41) is 9.55. The molecule has 2 aliphatic rings. The van der Waals surface area contributed by atoms with Crippen LogP contribution in [0.25, 0.3) is 0 Å². The molecular weight excluding hydrogens is 432 g/mol. The third kappa shape index (κ3) is 6.35. The number of esters is 1. The predicted octanol–water partition coefficient (Wildman–Crippen LogP) is 3.02. The second-order valence-corrected chi connectivity index (χ2v) is 8.79. The van der Waals surface area contributed by atoms with Crippen molar-refractivity contribution in [3.05, 3.63) is 59.2 Å². The van der Waals surface area contributed by atoms with Crippen LogP contribution in [-0.4, -0.2) is 74.4 Å². The third-order valence-corrected chi connectivity index (χ3v) is 6.09. The molecule has 0 aliphatic carbocycles. The summed E-state index contributed by atoms with van der Waals surface area (Å²) in [5.41, 5.74) is 3.23. The zero-order valence-corrected chi connectivity index (χ0v) is 19.8. The molecule has 1 amide bonds. The van der Waals surface area contributed by atoms with Crippen LogP contribution in [0.2, 0.25) is 0 Å². The van der Waals surface area contributed by atoms with Crippen molar-refractivity contribution in [2.75, 3.05) is 51.8 Å². The maximum Gasteiger partial charge on any atom is 0.306 e. The number of piperazine rings is 1. The molecule has 34 heavy (non-hydrogen) atoms. The van der Waals surface area contributed by atoms with Gasteiger partial charge in [0.25, 0.3) is 5.91 Å². The van der Waals surface area contributed by atoms with Crippen LogP contribution in [0.3, 0.4) is 0 Å². The fourth-order valence-corrected chi connectivity index (χ4v) is 4.08. The number of hydrogen-bond acceptors (Lipinski definition) is 7. The van der Waals surface area contributed by atoms with Crippen LogP contribution in [0.5, 0.6) is 5.75 Å². The van der Waals surface area contributed by atoms with Gasteiger partial charge in [-0.3, -0.25) is 14.6 Å². The second-order valence-electron chi connectivity index (χ2n) is 8.79. The van der Waals surface area contributed by atoms with Gasteiger partial charge in [0.15, 0.2) is 0 Å². The Morgan fingerprint density at radius 3 is 2.65 bits per heavy atom. The lowest BCUT2D eigenvalue weighted by molar-refractivity contribution is -0.144. The number of fused-ring (bicyclic) bond motifs is 1. The minimum Gasteiger partial charge on any atom is -0.493 e. The van der Waals surface area contributed by atoms with E-state index >= 15 is 0 Å². The Morgan fingerprint density at radius 2 is 1.91 bits per heavy atom. The number of nitrogens with zero attached hydrogens (tertiary/aromatic N) is 3. The Labute approximate surface area is 200 Å². The molecule has 2 heterocycles. The summed E-state index contributed by atoms with van der Waals surface area (Å²) >= 11 is 0. The first-order chi connectivity index (χ1) is 16.5. The first kappa shape index (κ1) is 23.8. The molecule has 0 radical (unpaired) electrons. The molecular formula is C26H32N4O4. The molecule has 1 N–H and O–H groups in total. The summed E-state index contributed by atoms with van der Waals surface area (Å²) in [5.74, 6) is 0.470. The number of carbonyl (C=O) groups excluding carboxylic acids is 2. The van der Waals surface area contributed by atoms with Crippen molar-refractivity contribution < 1.29 is 19.1 Å². The number of ether oxygens (including phenoxy) is 2. The largest absolute Gasteiger partial charge is 0.493 e. The van der Waals surface area contributed by atoms with E-state index in [1.807, 2.05) is 36.5 Å². The minimum atomic E-state index is -0.194. The van der Waals surface area contributed by atoms with E-state index in [-0.39, 0.29) is 17.8 Å². The lowest BCUT2D eigenvalue weighted by Gasteiger charge is -2.30. The van der Waals surface area contributed by atoms with Crippen LogP contribution in [0.4, 0.5) is 5.69 Å². The molecule has 4 rings (SSSR count). The first-order valence-electron chi connectivity index (χ1n) is 11.8. The Hall–Kier alpha value is -3.39. The van der Waals surface area contributed by atoms with E-state index in [1.54, 1.807) is 19.1 Å². The average Bonchev–Trinajstić information content (AvgIpc) is 2.84. The number of likely N-dealkylation sites (N-methyl/N-ethyl adjacent to an activating group) is 1. The van der Waals surface area contributed by atoms with Gasteiger partial charge < -0.3 is 19.7 Å². The van der Waals surface area contributed by atoms with Gasteiger partial charge in [-0.2, -0.15) is 5.10 Å². The molecule has 2 aromatic carbocycles. The Kier molecular flexibility index (Phi) is 7.80. The van der Waals surface area contributed by atoms with E-state index in [9.17, 15) is 9.59 Å². The van der Waals surface area contributed by atoms with Crippen LogP contribution < -0.4 is 10.1 Å². The highest BCUT2D eigenvalue weighted by Gasteiger charge is 2.23. The Balaban J connectivity index is 1.31. The van der Waals surface area contributed by atoms with Crippen molar-refractivity contribution in [1.82, 2.24) is 9.91 Å². The van der Waals surface area contributed by atoms with E-state index in [0.717, 1.165) is 49.5 Å². The normalized spacial score (nSPS) is 18.3. The van der Waals surface area contributed by atoms with Crippen molar-refractivity contribution in [2.45, 2.75) is 19.8 Å². The Bertz CT molecular complexity index is 1030. The molecule has 8 nitrogen and oxygen atoms in total. The van der Waals surface area contributed by atoms with Gasteiger partial charge >= 0.3 is 5.97 Å². The molecule has 0 saturated carbocycles. The molecule has 1 atom stereocenters. The molecule has 0 spiro atoms. The van der Waals surface area contributed by atoms with Crippen LogP contribution >= 0.6 is 0 Å². The molecule has 2 aromatic rings. The number of benzene rings is 2. The number of carbonyl (C=O) groups is 2. The standard InChI is InChI=1S/C26H32N4O4/c1-3-33-25(31)15-20-14-22-8-9-23(16-24(22)34-18-20)28-26(32)21-6-4-19(5-7-21)17-27-30-12-10-29(2)11-13-30/h4-9,16-17,20H,3,10-15,18H2,1-2H3,(H,28,32). The first-order valence-corrected chi connectivity index (χ1v) is 11.8. The number of hydrazone groups is 1. The lowest BCUT2D eigenvalue weighted by atomic mass is 9.94. The van der Waals surface area contributed by atoms with Crippen molar-refractivity contribution in [3.8, 4) is 5.75 Å². The number of hydrogen-bond donors (Lipinski definition) is 1. The number of amides is 1. The van der Waals surface area contributed by atoms with E-state index in [4.69, 9.17) is 9.47 Å². The molecule has 8 heteroatoms. The fraction of sp³-hybridized carbons (Fsp3) is 0.423. The molecule has 1 unspecified atom stereocenters. The summed E-state index contributed by atoms with van der Waals surface area (Å²) < 4.78 is 10.9. The van der Waals surface area contributed by atoms with E-state index in [1.165, 1.54) is 0 Å². The zero-order chi connectivity index (χ0) is 23.9. The highest BCUT2D eigenvalue weighted by Crippen LogP contribution is 2.31. The highest BCUT2D eigenvalue weighted by atomic mass is 16.5. The van der Waals surface area contributed by atoms with Crippen molar-refractivity contribution in [1.29, 1.82) is 0 Å². The van der Waals surface area contributed by atoms with Gasteiger partial charge in [-0.05, 0) is 49.7 Å². The monoisotopic (exact) mass is 464 g/mol. The molecule has 180 valence electrons. The average molecular weight is 465 g/mol. The minimum absolute atomic E-state index is 0.102. The lowest BCUT2D eigenvalue weighted by Crippen LogP contribution is -2.41. The molecule has 0 bridgehead atoms. The maximum atomic E-state index is 12.7. The molecule has 1 saturated heterocycles. The zero-order valence-electron chi connectivity index (χ0n) is 19.8. The second kappa shape index (κ2) is 11.2. The van der Waals surface area contributed by atoms with Crippen LogP contribution in [-0.2, 0) is 16.0 Å². The van der Waals surface area contributed by atoms with Gasteiger partial charge in [0.1, 0.15) is 5.75 Å². The smallest absolute Gasteiger partial charge is 0.306 e. The van der Waals surface area contributed by atoms with Gasteiger partial charge in [0.2, 0.25) is 0 Å². The van der Waals surface area contributed by atoms with Crippen molar-refractivity contribution in [3.63, 3.8) is 0 Å². The summed E-state index contributed by atoms with van der Waals surface area (Å²) in [6, 6.07) is 13.0. The SMILES string of the molecule is CCOC(=O)CC1COc2cc(NC(=O)c3ccc(C=NN4CCN(C)CC4)cc3)ccc2C1. The predicted molar refractivity (Wildman–Crippen MR) is 131 cm³/mol. The fourth-order valence-electron chi connectivity index (χ4n) is 4.08. The van der Waals surface area contributed by atoms with Gasteiger partial charge in [0, 0.05) is 49.4 Å². The number of anilines is 1. The summed E-state index contributed by atoms with van der Waals surface area (Å²) in [4.78, 5) is 26.7. The van der Waals surface area contributed by atoms with Crippen molar-refractivity contribution >= 4 is 23.8 Å². The maximum absolute atomic E-state index is 12.7. The van der Waals surface area contributed by atoms with Gasteiger partial charge in [-0.1, -0.05) is 18.2 Å².